The highest BCUT2D eigenvalue weighted by molar-refractivity contribution is 6.34. The van der Waals surface area contributed by atoms with Gasteiger partial charge in [-0.15, -0.1) is 0 Å². The van der Waals surface area contributed by atoms with Gasteiger partial charge in [0.05, 0.1) is 10.6 Å². The summed E-state index contributed by atoms with van der Waals surface area (Å²) >= 11 is 6.53. The van der Waals surface area contributed by atoms with Crippen molar-refractivity contribution in [2.45, 2.75) is 18.9 Å². The summed E-state index contributed by atoms with van der Waals surface area (Å²) in [4.78, 5) is 29.6. The van der Waals surface area contributed by atoms with Crippen LogP contribution in [0.3, 0.4) is 0 Å². The van der Waals surface area contributed by atoms with Crippen LogP contribution >= 0.6 is 11.6 Å². The Hall–Kier alpha value is -3.54. The third kappa shape index (κ3) is 5.73. The zero-order valence-corrected chi connectivity index (χ0v) is 24.0. The highest BCUT2D eigenvalue weighted by atomic mass is 35.5. The standard InChI is InChI=1S/C30H33ClF2N6O3/c1-2-24(41)38-12-14-39(15-13-38)29-20-18-21(31)25(26-22(32)4-3-5-23(26)40)27(33)28(20)34-30(35-29)42-17-16-36-8-10-37(11-9-36)19-6-7-19/h2-5,18-19,40H,1,6-17H2. The molecular formula is C30H33ClF2N6O3. The number of aromatic hydroxyl groups is 1. The lowest BCUT2D eigenvalue weighted by Gasteiger charge is -2.35. The number of nitrogens with zero attached hydrogens (tertiary/aromatic N) is 6. The van der Waals surface area contributed by atoms with Crippen LogP contribution in [0.4, 0.5) is 14.6 Å². The number of hydrogen-bond acceptors (Lipinski definition) is 8. The quantitative estimate of drug-likeness (QED) is 0.391. The van der Waals surface area contributed by atoms with Crippen molar-refractivity contribution >= 4 is 34.2 Å². The molecule has 0 radical (unpaired) electrons. The molecule has 0 spiro atoms. The first kappa shape index (κ1) is 28.6. The number of piperazine rings is 2. The van der Waals surface area contributed by atoms with Gasteiger partial charge < -0.3 is 19.6 Å². The van der Waals surface area contributed by atoms with Gasteiger partial charge in [0.25, 0.3) is 0 Å². The average molecular weight is 599 g/mol. The molecule has 9 nitrogen and oxygen atoms in total. The first-order valence-corrected chi connectivity index (χ1v) is 14.6. The van der Waals surface area contributed by atoms with Crippen LogP contribution in [-0.4, -0.2) is 107 Å². The number of anilines is 1. The molecule has 3 aromatic rings. The molecule has 3 fully saturated rings. The number of phenolic OH excluding ortho intramolecular Hbond substituents is 1. The molecule has 1 aliphatic carbocycles. The number of carbonyl (C=O) groups is 1. The molecule has 2 saturated heterocycles. The molecule has 3 heterocycles. The zero-order valence-electron chi connectivity index (χ0n) is 23.2. The lowest BCUT2D eigenvalue weighted by molar-refractivity contribution is -0.126. The Labute approximate surface area is 247 Å². The van der Waals surface area contributed by atoms with E-state index in [-0.39, 0.29) is 33.6 Å². The molecule has 2 aromatic carbocycles. The van der Waals surface area contributed by atoms with Gasteiger partial charge in [-0.1, -0.05) is 24.2 Å². The zero-order chi connectivity index (χ0) is 29.4. The molecule has 0 unspecified atom stereocenters. The lowest BCUT2D eigenvalue weighted by atomic mass is 10.0. The maximum atomic E-state index is 16.2. The number of ether oxygens (including phenoxy) is 1. The second-order valence-corrected chi connectivity index (χ2v) is 11.3. The summed E-state index contributed by atoms with van der Waals surface area (Å²) in [5, 5.41) is 10.6. The highest BCUT2D eigenvalue weighted by Gasteiger charge is 2.31. The van der Waals surface area contributed by atoms with Gasteiger partial charge in [-0.2, -0.15) is 9.97 Å². The number of halogens is 3. The lowest BCUT2D eigenvalue weighted by Crippen LogP contribution is -2.48. The Kier molecular flexibility index (Phi) is 8.15. The second-order valence-electron chi connectivity index (χ2n) is 10.9. The van der Waals surface area contributed by atoms with E-state index in [1.165, 1.54) is 37.1 Å². The van der Waals surface area contributed by atoms with Crippen molar-refractivity contribution in [3.05, 3.63) is 53.6 Å². The van der Waals surface area contributed by atoms with Crippen molar-refractivity contribution < 1.29 is 23.4 Å². The van der Waals surface area contributed by atoms with Gasteiger partial charge in [0.2, 0.25) is 5.91 Å². The van der Waals surface area contributed by atoms with Gasteiger partial charge in [0.1, 0.15) is 29.5 Å². The number of amides is 1. The normalized spacial score (nSPS) is 18.5. The maximum Gasteiger partial charge on any atom is 0.319 e. The molecule has 222 valence electrons. The van der Waals surface area contributed by atoms with Crippen LogP contribution in [0.15, 0.2) is 36.9 Å². The van der Waals surface area contributed by atoms with Crippen LogP contribution < -0.4 is 9.64 Å². The van der Waals surface area contributed by atoms with Crippen molar-refractivity contribution in [3.63, 3.8) is 0 Å². The molecule has 42 heavy (non-hydrogen) atoms. The van der Waals surface area contributed by atoms with Crippen LogP contribution in [0.5, 0.6) is 11.8 Å². The third-order valence-electron chi connectivity index (χ3n) is 8.26. The predicted octanol–water partition coefficient (Wildman–Crippen LogP) is 3.93. The van der Waals surface area contributed by atoms with E-state index in [9.17, 15) is 14.3 Å². The number of benzene rings is 2. The minimum Gasteiger partial charge on any atom is -0.507 e. The molecule has 1 amide bonds. The molecule has 0 atom stereocenters. The Morgan fingerprint density at radius 2 is 1.81 bits per heavy atom. The topological polar surface area (TPSA) is 85.3 Å². The van der Waals surface area contributed by atoms with Gasteiger partial charge >= 0.3 is 6.01 Å². The molecule has 1 N–H and O–H groups in total. The van der Waals surface area contributed by atoms with Crippen molar-refractivity contribution in [2.75, 3.05) is 70.4 Å². The molecular weight excluding hydrogens is 566 g/mol. The Morgan fingerprint density at radius 3 is 2.48 bits per heavy atom. The molecule has 6 rings (SSSR count). The van der Waals surface area contributed by atoms with E-state index in [1.807, 2.05) is 4.90 Å². The molecule has 1 saturated carbocycles. The molecule has 12 heteroatoms. The Balaban J connectivity index is 1.31. The first-order chi connectivity index (χ1) is 20.3. The average Bonchev–Trinajstić information content (AvgIpc) is 3.84. The van der Waals surface area contributed by atoms with E-state index in [0.29, 0.717) is 50.5 Å². The Morgan fingerprint density at radius 1 is 1.07 bits per heavy atom. The fourth-order valence-electron chi connectivity index (χ4n) is 5.78. The predicted molar refractivity (Wildman–Crippen MR) is 157 cm³/mol. The Bertz CT molecular complexity index is 1480. The maximum absolute atomic E-state index is 16.2. The fourth-order valence-corrected chi connectivity index (χ4v) is 6.07. The van der Waals surface area contributed by atoms with Gasteiger partial charge in [-0.3, -0.25) is 14.6 Å². The molecule has 3 aliphatic rings. The minimum atomic E-state index is -0.886. The van der Waals surface area contributed by atoms with Crippen molar-refractivity contribution in [1.29, 1.82) is 0 Å². The van der Waals surface area contributed by atoms with Crippen LogP contribution in [0.2, 0.25) is 5.02 Å². The SMILES string of the molecule is C=CC(=O)N1CCN(c2nc(OCCN3CCN(C4CC4)CC3)nc3c(F)c(-c4c(O)cccc4F)c(Cl)cc23)CC1. The first-order valence-electron chi connectivity index (χ1n) is 14.3. The fraction of sp³-hybridized carbons (Fsp3) is 0.433. The van der Waals surface area contributed by atoms with E-state index in [4.69, 9.17) is 16.3 Å². The summed E-state index contributed by atoms with van der Waals surface area (Å²) in [5.41, 5.74) is -0.726. The molecule has 0 bridgehead atoms. The summed E-state index contributed by atoms with van der Waals surface area (Å²) in [5.74, 6) is -1.89. The number of fused-ring (bicyclic) bond motifs is 1. The summed E-state index contributed by atoms with van der Waals surface area (Å²) in [6.45, 7) is 10.3. The van der Waals surface area contributed by atoms with E-state index < -0.39 is 17.4 Å². The van der Waals surface area contributed by atoms with Crippen LogP contribution in [0.25, 0.3) is 22.0 Å². The summed E-state index contributed by atoms with van der Waals surface area (Å²) in [6, 6.07) is 5.96. The second kappa shape index (κ2) is 12.0. The smallest absolute Gasteiger partial charge is 0.319 e. The van der Waals surface area contributed by atoms with Crippen LogP contribution in [-0.2, 0) is 4.79 Å². The van der Waals surface area contributed by atoms with Gasteiger partial charge in [-0.05, 0) is 37.1 Å². The molecule has 1 aromatic heterocycles. The number of hydrogen-bond donors (Lipinski definition) is 1. The summed E-state index contributed by atoms with van der Waals surface area (Å²) < 4.78 is 37.0. The van der Waals surface area contributed by atoms with E-state index in [2.05, 4.69) is 26.3 Å². The largest absolute Gasteiger partial charge is 0.507 e. The van der Waals surface area contributed by atoms with Crippen molar-refractivity contribution in [1.82, 2.24) is 24.7 Å². The van der Waals surface area contributed by atoms with Gasteiger partial charge in [0.15, 0.2) is 5.82 Å². The summed E-state index contributed by atoms with van der Waals surface area (Å²) in [7, 11) is 0. The van der Waals surface area contributed by atoms with Crippen LogP contribution in [0, 0.1) is 11.6 Å². The number of carbonyl (C=O) groups excluding carboxylic acids is 1. The van der Waals surface area contributed by atoms with Crippen molar-refractivity contribution in [3.8, 4) is 22.9 Å². The minimum absolute atomic E-state index is 0.0105. The van der Waals surface area contributed by atoms with E-state index >= 15 is 4.39 Å². The third-order valence-corrected chi connectivity index (χ3v) is 8.56. The summed E-state index contributed by atoms with van der Waals surface area (Å²) in [6.07, 6.45) is 3.87. The van der Waals surface area contributed by atoms with Gasteiger partial charge in [-0.25, -0.2) is 8.78 Å². The number of phenols is 1. The highest BCUT2D eigenvalue weighted by Crippen LogP contribution is 2.42. The monoisotopic (exact) mass is 598 g/mol. The van der Waals surface area contributed by atoms with E-state index in [0.717, 1.165) is 38.3 Å². The number of rotatable bonds is 8. The van der Waals surface area contributed by atoms with Gasteiger partial charge in [0, 0.05) is 75.9 Å². The molecule has 2 aliphatic heterocycles. The van der Waals surface area contributed by atoms with Crippen LogP contribution in [0.1, 0.15) is 12.8 Å². The van der Waals surface area contributed by atoms with Crippen molar-refractivity contribution in [2.24, 2.45) is 0 Å². The number of aromatic nitrogens is 2. The van der Waals surface area contributed by atoms with E-state index in [1.54, 1.807) is 4.90 Å².